The van der Waals surface area contributed by atoms with E-state index in [2.05, 4.69) is 42.4 Å². The molecule has 2 aromatic heterocycles. The van der Waals surface area contributed by atoms with Crippen LogP contribution in [0.2, 0.25) is 0 Å². The summed E-state index contributed by atoms with van der Waals surface area (Å²) in [5.74, 6) is 5.53. The summed E-state index contributed by atoms with van der Waals surface area (Å²) in [6.45, 7) is 3.18. The Hall–Kier alpha value is -5.04. The Bertz CT molecular complexity index is 1510. The lowest BCUT2D eigenvalue weighted by Gasteiger charge is -2.14. The molecule has 0 saturated carbocycles. The van der Waals surface area contributed by atoms with E-state index < -0.39 is 11.7 Å². The molecule has 0 aliphatic carbocycles. The number of halogens is 1. The molecule has 2 heterocycles. The van der Waals surface area contributed by atoms with Gasteiger partial charge in [0.15, 0.2) is 11.6 Å². The monoisotopic (exact) mass is 469 g/mol. The minimum atomic E-state index is -0.508. The van der Waals surface area contributed by atoms with Crippen LogP contribution in [0.1, 0.15) is 12.5 Å². The largest absolute Gasteiger partial charge is 0.457 e. The molecule has 0 saturated heterocycles. The number of carbonyl (C=O) groups excluding carboxylic acids is 1. The van der Waals surface area contributed by atoms with E-state index in [-0.39, 0.29) is 5.69 Å². The fourth-order valence-electron chi connectivity index (χ4n) is 3.25. The van der Waals surface area contributed by atoms with Crippen molar-refractivity contribution in [3.63, 3.8) is 0 Å². The van der Waals surface area contributed by atoms with E-state index in [4.69, 9.17) is 10.5 Å². The van der Waals surface area contributed by atoms with Crippen LogP contribution in [0.15, 0.2) is 60.0 Å². The Morgan fingerprint density at radius 2 is 2.03 bits per heavy atom. The first-order valence-corrected chi connectivity index (χ1v) is 10.4. The number of aromatic nitrogens is 3. The van der Waals surface area contributed by atoms with Gasteiger partial charge in [0.2, 0.25) is 0 Å². The molecule has 1 amide bonds. The third-order valence-electron chi connectivity index (χ3n) is 4.87. The summed E-state index contributed by atoms with van der Waals surface area (Å²) in [7, 11) is 0. The van der Waals surface area contributed by atoms with Gasteiger partial charge in [0.1, 0.15) is 23.6 Å². The zero-order valence-corrected chi connectivity index (χ0v) is 18.8. The van der Waals surface area contributed by atoms with Gasteiger partial charge in [0.25, 0.3) is 5.91 Å². The number of pyridine rings is 1. The predicted molar refractivity (Wildman–Crippen MR) is 133 cm³/mol. The minimum absolute atomic E-state index is 0.198. The molecule has 4 aromatic rings. The second-order valence-electron chi connectivity index (χ2n) is 7.19. The quantitative estimate of drug-likeness (QED) is 0.214. The number of ether oxygens (including phenoxy) is 1. The van der Waals surface area contributed by atoms with Crippen molar-refractivity contribution < 1.29 is 13.9 Å². The number of nitrogens with one attached hydrogen (secondary N) is 2. The molecule has 2 aromatic carbocycles. The van der Waals surface area contributed by atoms with Crippen molar-refractivity contribution in [2.24, 2.45) is 10.7 Å². The van der Waals surface area contributed by atoms with Crippen LogP contribution in [0.5, 0.6) is 11.5 Å². The third kappa shape index (κ3) is 5.31. The van der Waals surface area contributed by atoms with E-state index in [0.717, 1.165) is 6.34 Å². The lowest BCUT2D eigenvalue weighted by molar-refractivity contribution is -0.111. The summed E-state index contributed by atoms with van der Waals surface area (Å²) < 4.78 is 21.1. The second kappa shape index (κ2) is 10.3. The van der Waals surface area contributed by atoms with Crippen LogP contribution in [0, 0.1) is 24.6 Å². The molecule has 0 unspecified atom stereocenters. The zero-order valence-electron chi connectivity index (χ0n) is 18.8. The molecule has 0 atom stereocenters. The number of nitrogens with two attached hydrogens (primary N) is 1. The molecule has 35 heavy (non-hydrogen) atoms. The van der Waals surface area contributed by atoms with Crippen molar-refractivity contribution >= 4 is 46.2 Å². The highest BCUT2D eigenvalue weighted by Crippen LogP contribution is 2.33. The molecule has 4 N–H and O–H groups in total. The molecule has 4 rings (SSSR count). The van der Waals surface area contributed by atoms with Gasteiger partial charge in [0, 0.05) is 28.9 Å². The van der Waals surface area contributed by atoms with Gasteiger partial charge in [-0.25, -0.2) is 24.3 Å². The first kappa shape index (κ1) is 23.1. The first-order chi connectivity index (χ1) is 17.0. The number of fused-ring (bicyclic) bond motifs is 1. The van der Waals surface area contributed by atoms with E-state index in [1.165, 1.54) is 12.5 Å². The lowest BCUT2D eigenvalue weighted by Crippen LogP contribution is -2.08. The van der Waals surface area contributed by atoms with Gasteiger partial charge >= 0.3 is 0 Å². The van der Waals surface area contributed by atoms with Crippen LogP contribution < -0.4 is 21.1 Å². The summed E-state index contributed by atoms with van der Waals surface area (Å²) >= 11 is 0. The lowest BCUT2D eigenvalue weighted by atomic mass is 10.1. The van der Waals surface area contributed by atoms with Gasteiger partial charge in [-0.2, -0.15) is 0 Å². The maximum atomic E-state index is 15.3. The molecule has 0 aliphatic heterocycles. The molecule has 0 fully saturated rings. The number of nitrogens with zero attached hydrogens (tertiary/aromatic N) is 4. The first-order valence-electron chi connectivity index (χ1n) is 10.4. The fraction of sp³-hybridized carbons (Fsp3) is 0.0800. The van der Waals surface area contributed by atoms with E-state index in [9.17, 15) is 4.79 Å². The molecule has 0 spiro atoms. The average molecular weight is 469 g/mol. The number of amides is 1. The van der Waals surface area contributed by atoms with Gasteiger partial charge in [-0.3, -0.25) is 4.79 Å². The van der Waals surface area contributed by atoms with Gasteiger partial charge < -0.3 is 21.1 Å². The minimum Gasteiger partial charge on any atom is -0.457 e. The van der Waals surface area contributed by atoms with Crippen molar-refractivity contribution in [2.45, 2.75) is 13.8 Å². The van der Waals surface area contributed by atoms with Crippen molar-refractivity contribution in [2.75, 3.05) is 10.6 Å². The fourth-order valence-corrected chi connectivity index (χ4v) is 3.25. The Kier molecular flexibility index (Phi) is 6.78. The van der Waals surface area contributed by atoms with Crippen molar-refractivity contribution in [3.05, 3.63) is 66.4 Å². The highest BCUT2D eigenvalue weighted by Gasteiger charge is 2.14. The Morgan fingerprint density at radius 1 is 1.17 bits per heavy atom. The Labute approximate surface area is 200 Å². The number of rotatable bonds is 6. The zero-order chi connectivity index (χ0) is 24.8. The summed E-state index contributed by atoms with van der Waals surface area (Å²) in [5.41, 5.74) is 6.92. The van der Waals surface area contributed by atoms with Gasteiger partial charge in [-0.15, -0.1) is 0 Å². The molecular weight excluding hydrogens is 449 g/mol. The maximum Gasteiger partial charge on any atom is 0.300 e. The van der Waals surface area contributed by atoms with Gasteiger partial charge in [0.05, 0.1) is 17.5 Å². The standard InChI is InChI=1S/C25H20FN7O2/c1-3-4-23(34)32-16-5-6-19-18(11-16)25(31-14-30-19)33-20-7-8-21(15(2)24(20)26)35-17-9-10-28-22(12-17)29-13-27/h5-14H,1-2H3,(H,32,34)(H2,27,28,29)(H,30,31,33). The summed E-state index contributed by atoms with van der Waals surface area (Å²) in [4.78, 5) is 28.2. The average Bonchev–Trinajstić information content (AvgIpc) is 2.85. The second-order valence-corrected chi connectivity index (χ2v) is 7.19. The predicted octanol–water partition coefficient (Wildman–Crippen LogP) is 4.59. The van der Waals surface area contributed by atoms with E-state index in [0.29, 0.717) is 45.3 Å². The van der Waals surface area contributed by atoms with Crippen LogP contribution >= 0.6 is 0 Å². The molecule has 174 valence electrons. The number of aliphatic imine (C=N–C) groups is 1. The third-order valence-corrected chi connectivity index (χ3v) is 4.87. The number of carbonyl (C=O) groups is 1. The smallest absolute Gasteiger partial charge is 0.300 e. The number of benzene rings is 2. The van der Waals surface area contributed by atoms with Gasteiger partial charge in [-0.05, 0) is 56.2 Å². The number of anilines is 3. The Balaban J connectivity index is 1.62. The topological polar surface area (TPSA) is 127 Å². The van der Waals surface area contributed by atoms with E-state index in [1.54, 1.807) is 56.3 Å². The molecule has 10 heteroatoms. The van der Waals surface area contributed by atoms with Crippen LogP contribution in [0.3, 0.4) is 0 Å². The van der Waals surface area contributed by atoms with Crippen LogP contribution in [-0.4, -0.2) is 27.2 Å². The molecular formula is C25H20FN7O2. The maximum absolute atomic E-state index is 15.3. The van der Waals surface area contributed by atoms with E-state index in [1.807, 2.05) is 0 Å². The van der Waals surface area contributed by atoms with Crippen LogP contribution in [0.4, 0.5) is 27.4 Å². The van der Waals surface area contributed by atoms with E-state index >= 15 is 4.39 Å². The number of hydrogen-bond donors (Lipinski definition) is 3. The summed E-state index contributed by atoms with van der Waals surface area (Å²) in [6.07, 6.45) is 4.02. The molecule has 9 nitrogen and oxygen atoms in total. The Morgan fingerprint density at radius 3 is 2.83 bits per heavy atom. The van der Waals surface area contributed by atoms with Crippen LogP contribution in [-0.2, 0) is 4.79 Å². The molecule has 0 bridgehead atoms. The highest BCUT2D eigenvalue weighted by molar-refractivity contribution is 6.05. The molecule has 0 radical (unpaired) electrons. The van der Waals surface area contributed by atoms with Crippen molar-refractivity contribution in [3.8, 4) is 23.3 Å². The SMILES string of the molecule is CC#CC(=O)Nc1ccc2ncnc(Nc3ccc(Oc4ccnc(N=CN)c4)c(C)c3F)c2c1. The normalized spacial score (nSPS) is 10.6. The van der Waals surface area contributed by atoms with Gasteiger partial charge in [-0.1, -0.05) is 5.92 Å². The highest BCUT2D eigenvalue weighted by atomic mass is 19.1. The summed E-state index contributed by atoms with van der Waals surface area (Å²) in [6, 6.07) is 11.5. The van der Waals surface area contributed by atoms with Crippen molar-refractivity contribution in [1.82, 2.24) is 15.0 Å². The van der Waals surface area contributed by atoms with Crippen LogP contribution in [0.25, 0.3) is 10.9 Å². The molecule has 0 aliphatic rings. The number of hydrogen-bond acceptors (Lipinski definition) is 7. The van der Waals surface area contributed by atoms with Crippen molar-refractivity contribution in [1.29, 1.82) is 0 Å². The summed E-state index contributed by atoms with van der Waals surface area (Å²) in [5, 5.41) is 6.29.